The highest BCUT2D eigenvalue weighted by Gasteiger charge is 2.27. The van der Waals surface area contributed by atoms with Crippen LogP contribution in [0.25, 0.3) is 6.08 Å². The maximum Gasteiger partial charge on any atom is 0.265 e. The van der Waals surface area contributed by atoms with E-state index in [0.29, 0.717) is 32.5 Å². The number of thiocarbonyl (C=S) groups is 1. The van der Waals surface area contributed by atoms with Crippen molar-refractivity contribution >= 4 is 63.6 Å². The van der Waals surface area contributed by atoms with Crippen LogP contribution in [0.3, 0.4) is 0 Å². The Balaban J connectivity index is 1.63. The van der Waals surface area contributed by atoms with Crippen molar-refractivity contribution in [1.29, 1.82) is 0 Å². The molecular weight excluding hydrogens is 436 g/mol. The van der Waals surface area contributed by atoms with E-state index in [1.807, 2.05) is 30.3 Å². The number of ether oxygens (including phenoxy) is 1. The second kappa shape index (κ2) is 8.83. The van der Waals surface area contributed by atoms with Gasteiger partial charge in [0.1, 0.15) is 10.1 Å². The number of rotatable bonds is 5. The Bertz CT molecular complexity index is 1070. The van der Waals surface area contributed by atoms with Crippen molar-refractivity contribution in [2.45, 2.75) is 30.5 Å². The Hall–Kier alpha value is -2.29. The molecule has 2 amide bonds. The number of thioether (sulfide) groups is 2. The first-order chi connectivity index (χ1) is 14.4. The molecule has 0 bridgehead atoms. The molecule has 4 rings (SSSR count). The van der Waals surface area contributed by atoms with E-state index in [0.717, 1.165) is 11.1 Å². The molecule has 0 radical (unpaired) electrons. The van der Waals surface area contributed by atoms with Crippen LogP contribution in [0, 0.1) is 0 Å². The standard InChI is InChI=1S/C22H20N2O3S3/c1-13(2)29-16-5-3-4-15(8-16)11-24-17-9-14(6-7-18(17)27-12-20(24)25)10-19-21(26)23-22(28)30-19/h3-10,13H,11-12H2,1-2H3,(H,23,26,28)/b19-10+. The zero-order chi connectivity index (χ0) is 21.3. The molecule has 2 aromatic rings. The van der Waals surface area contributed by atoms with Crippen LogP contribution in [0.4, 0.5) is 5.69 Å². The lowest BCUT2D eigenvalue weighted by Gasteiger charge is -2.30. The molecule has 1 N–H and O–H groups in total. The summed E-state index contributed by atoms with van der Waals surface area (Å²) in [6.45, 7) is 4.79. The van der Waals surface area contributed by atoms with Gasteiger partial charge in [-0.1, -0.05) is 56.0 Å². The highest BCUT2D eigenvalue weighted by atomic mass is 32.2. The third-order valence-electron chi connectivity index (χ3n) is 4.48. The number of hydrogen-bond acceptors (Lipinski definition) is 6. The molecule has 30 heavy (non-hydrogen) atoms. The van der Waals surface area contributed by atoms with Crippen molar-refractivity contribution in [3.05, 3.63) is 58.5 Å². The summed E-state index contributed by atoms with van der Waals surface area (Å²) in [5, 5.41) is 3.10. The molecule has 0 atom stereocenters. The number of amides is 2. The molecule has 1 fully saturated rings. The highest BCUT2D eigenvalue weighted by molar-refractivity contribution is 8.26. The fourth-order valence-corrected chi connectivity index (χ4v) is 5.19. The summed E-state index contributed by atoms with van der Waals surface area (Å²) in [6, 6.07) is 13.8. The van der Waals surface area contributed by atoms with Gasteiger partial charge in [0.2, 0.25) is 0 Å². The smallest absolute Gasteiger partial charge is 0.265 e. The minimum atomic E-state index is -0.202. The quantitative estimate of drug-likeness (QED) is 0.403. The number of benzene rings is 2. The minimum absolute atomic E-state index is 0.0143. The second-order valence-corrected chi connectivity index (χ2v) is 10.5. The molecule has 2 aliphatic rings. The summed E-state index contributed by atoms with van der Waals surface area (Å²) in [5.41, 5.74) is 2.57. The lowest BCUT2D eigenvalue weighted by atomic mass is 10.1. The lowest BCUT2D eigenvalue weighted by molar-refractivity contribution is -0.121. The number of nitrogens with zero attached hydrogens (tertiary/aromatic N) is 1. The van der Waals surface area contributed by atoms with Crippen LogP contribution in [0.15, 0.2) is 52.3 Å². The summed E-state index contributed by atoms with van der Waals surface area (Å²) >= 11 is 8.07. The fraction of sp³-hybridized carbons (Fsp3) is 0.227. The van der Waals surface area contributed by atoms with Crippen LogP contribution >= 0.6 is 35.7 Å². The Morgan fingerprint density at radius 1 is 1.27 bits per heavy atom. The Morgan fingerprint density at radius 2 is 2.10 bits per heavy atom. The van der Waals surface area contributed by atoms with Gasteiger partial charge in [-0.25, -0.2) is 0 Å². The van der Waals surface area contributed by atoms with Crippen LogP contribution < -0.4 is 15.0 Å². The average Bonchev–Trinajstić information content (AvgIpc) is 3.01. The number of fused-ring (bicyclic) bond motifs is 1. The number of carbonyl (C=O) groups excluding carboxylic acids is 2. The van der Waals surface area contributed by atoms with E-state index in [1.165, 1.54) is 16.7 Å². The molecule has 2 aliphatic heterocycles. The largest absolute Gasteiger partial charge is 0.482 e. The predicted octanol–water partition coefficient (Wildman–Crippen LogP) is 4.60. The summed E-state index contributed by atoms with van der Waals surface area (Å²) in [4.78, 5) is 28.1. The first-order valence-corrected chi connectivity index (χ1v) is 11.6. The maximum absolute atomic E-state index is 12.7. The van der Waals surface area contributed by atoms with Gasteiger partial charge in [0.25, 0.3) is 11.8 Å². The van der Waals surface area contributed by atoms with E-state index in [-0.39, 0.29) is 18.4 Å². The molecule has 8 heteroatoms. The first kappa shape index (κ1) is 21.0. The summed E-state index contributed by atoms with van der Waals surface area (Å²) in [5.74, 6) is 0.359. The molecule has 1 saturated heterocycles. The number of carbonyl (C=O) groups is 2. The zero-order valence-electron chi connectivity index (χ0n) is 16.5. The summed E-state index contributed by atoms with van der Waals surface area (Å²) in [6.07, 6.45) is 1.77. The van der Waals surface area contributed by atoms with Gasteiger partial charge in [-0.2, -0.15) is 0 Å². The fourth-order valence-electron chi connectivity index (χ4n) is 3.23. The van der Waals surface area contributed by atoms with Gasteiger partial charge < -0.3 is 15.0 Å². The molecule has 2 aromatic carbocycles. The molecule has 0 aliphatic carbocycles. The van der Waals surface area contributed by atoms with Crippen molar-refractivity contribution in [2.24, 2.45) is 0 Å². The Morgan fingerprint density at radius 3 is 2.83 bits per heavy atom. The molecule has 0 spiro atoms. The van der Waals surface area contributed by atoms with Crippen LogP contribution in [-0.4, -0.2) is 28.0 Å². The molecule has 2 heterocycles. The molecule has 5 nitrogen and oxygen atoms in total. The van der Waals surface area contributed by atoms with Crippen LogP contribution in [0.1, 0.15) is 25.0 Å². The normalized spacial score (nSPS) is 17.4. The maximum atomic E-state index is 12.7. The third-order valence-corrected chi connectivity index (χ3v) is 6.64. The van der Waals surface area contributed by atoms with Crippen molar-refractivity contribution in [2.75, 3.05) is 11.5 Å². The van der Waals surface area contributed by atoms with E-state index in [4.69, 9.17) is 17.0 Å². The molecular formula is C22H20N2O3S3. The number of anilines is 1. The van der Waals surface area contributed by atoms with Crippen LogP contribution in [-0.2, 0) is 16.1 Å². The molecule has 0 aromatic heterocycles. The van der Waals surface area contributed by atoms with Gasteiger partial charge >= 0.3 is 0 Å². The van der Waals surface area contributed by atoms with Gasteiger partial charge in [0, 0.05) is 10.1 Å². The van der Waals surface area contributed by atoms with Gasteiger partial charge in [-0.05, 0) is 41.5 Å². The number of hydrogen-bond donors (Lipinski definition) is 1. The van der Waals surface area contributed by atoms with E-state index in [2.05, 4.69) is 31.3 Å². The average molecular weight is 457 g/mol. The minimum Gasteiger partial charge on any atom is -0.482 e. The van der Waals surface area contributed by atoms with Crippen molar-refractivity contribution in [3.63, 3.8) is 0 Å². The molecule has 0 saturated carbocycles. The van der Waals surface area contributed by atoms with Crippen LogP contribution in [0.5, 0.6) is 5.75 Å². The van der Waals surface area contributed by atoms with Crippen molar-refractivity contribution in [3.8, 4) is 5.75 Å². The van der Waals surface area contributed by atoms with E-state index in [1.54, 1.807) is 22.7 Å². The van der Waals surface area contributed by atoms with Gasteiger partial charge in [0.05, 0.1) is 17.1 Å². The Labute approximate surface area is 189 Å². The van der Waals surface area contributed by atoms with Crippen molar-refractivity contribution in [1.82, 2.24) is 5.32 Å². The summed E-state index contributed by atoms with van der Waals surface area (Å²) in [7, 11) is 0. The SMILES string of the molecule is CC(C)Sc1cccc(CN2C(=O)COc3ccc(/C=C4/SC(=S)NC4=O)cc32)c1. The number of nitrogens with one attached hydrogen (secondary N) is 1. The predicted molar refractivity (Wildman–Crippen MR) is 127 cm³/mol. The topological polar surface area (TPSA) is 58.6 Å². The third kappa shape index (κ3) is 4.71. The highest BCUT2D eigenvalue weighted by Crippen LogP contribution is 2.36. The molecule has 154 valence electrons. The lowest BCUT2D eigenvalue weighted by Crippen LogP contribution is -2.38. The first-order valence-electron chi connectivity index (χ1n) is 9.47. The monoisotopic (exact) mass is 456 g/mol. The van der Waals surface area contributed by atoms with E-state index >= 15 is 0 Å². The second-order valence-electron chi connectivity index (χ2n) is 7.16. The van der Waals surface area contributed by atoms with Gasteiger partial charge in [-0.3, -0.25) is 9.59 Å². The summed E-state index contributed by atoms with van der Waals surface area (Å²) < 4.78 is 6.07. The van der Waals surface area contributed by atoms with Crippen molar-refractivity contribution < 1.29 is 14.3 Å². The van der Waals surface area contributed by atoms with E-state index < -0.39 is 0 Å². The Kier molecular flexibility index (Phi) is 6.17. The van der Waals surface area contributed by atoms with E-state index in [9.17, 15) is 9.59 Å². The molecule has 0 unspecified atom stereocenters. The van der Waals surface area contributed by atoms with Crippen LogP contribution in [0.2, 0.25) is 0 Å². The zero-order valence-corrected chi connectivity index (χ0v) is 19.0. The van der Waals surface area contributed by atoms with Gasteiger partial charge in [-0.15, -0.1) is 11.8 Å². The van der Waals surface area contributed by atoms with Gasteiger partial charge in [0.15, 0.2) is 6.61 Å².